The highest BCUT2D eigenvalue weighted by atomic mass is 35.5. The van der Waals surface area contributed by atoms with Crippen LogP contribution in [0.1, 0.15) is 0 Å². The Morgan fingerprint density at radius 2 is 0.310 bits per heavy atom. The summed E-state index contributed by atoms with van der Waals surface area (Å²) in [4.78, 5) is 78.2. The summed E-state index contributed by atoms with van der Waals surface area (Å²) >= 11 is 0. The monoisotopic (exact) mass is 666 g/mol. The average Bonchev–Trinajstić information content (AvgIpc) is 2.85. The molecule has 0 aliphatic rings. The summed E-state index contributed by atoms with van der Waals surface area (Å²) in [5.41, 5.74) is 0. The molecule has 42 heavy (non-hydrogen) atoms. The highest BCUT2D eigenvalue weighted by Gasteiger charge is 2.31. The summed E-state index contributed by atoms with van der Waals surface area (Å²) in [6.07, 6.45) is -18.1. The lowest BCUT2D eigenvalue weighted by Gasteiger charge is -2.07. The van der Waals surface area contributed by atoms with Crippen molar-refractivity contribution in [2.24, 2.45) is 0 Å². The Balaban J connectivity index is -0.000000101. The van der Waals surface area contributed by atoms with Crippen LogP contribution in [0, 0.1) is 0 Å². The molecule has 26 heteroatoms. The number of carboxylic acid groups (broad SMARTS) is 8. The third kappa shape index (κ3) is 23.0. The quantitative estimate of drug-likeness (QED) is 0.0859. The summed E-state index contributed by atoms with van der Waals surface area (Å²) in [6, 6.07) is 0. The number of aliphatic hydroxyl groups excluding tert-OH is 8. The van der Waals surface area contributed by atoms with Gasteiger partial charge in [0.1, 0.15) is 0 Å². The molecule has 0 aliphatic heterocycles. The molecule has 16 N–H and O–H groups in total. The second-order valence-electron chi connectivity index (χ2n) is 6.26. The minimum Gasteiger partial charge on any atom is -0.479 e. The standard InChI is InChI=1S/4C4H6O6.Al.ClH.3H/c4*5-1(3(7)8)2(6)4(9)10;;;;;/h4*1-2,5-6H,(H,7,8)(H,9,10);;1H;;;. The third-order valence-electron chi connectivity index (χ3n) is 3.22. The third-order valence-corrected chi connectivity index (χ3v) is 3.22. The van der Waals surface area contributed by atoms with E-state index in [1.807, 2.05) is 0 Å². The second kappa shape index (κ2) is 25.0. The Morgan fingerprint density at radius 3 is 0.333 bits per heavy atom. The van der Waals surface area contributed by atoms with Crippen LogP contribution in [0.2, 0.25) is 0 Å². The van der Waals surface area contributed by atoms with E-state index < -0.39 is 96.6 Å². The van der Waals surface area contributed by atoms with E-state index in [0.717, 1.165) is 0 Å². The molecular weight excluding hydrogens is 639 g/mol. The first-order chi connectivity index (χ1) is 17.9. The highest BCUT2D eigenvalue weighted by Crippen LogP contribution is 1.94. The molecule has 0 saturated carbocycles. The zero-order chi connectivity index (χ0) is 33.2. The number of aliphatic hydroxyl groups is 8. The molecular formula is C16H28AlClO24. The lowest BCUT2D eigenvalue weighted by atomic mass is 10.2. The Morgan fingerprint density at radius 1 is 0.262 bits per heavy atom. The fraction of sp³-hybridized carbons (Fsp3) is 0.500. The number of aliphatic carboxylic acids is 8. The molecule has 0 spiro atoms. The van der Waals surface area contributed by atoms with Crippen LogP contribution in [-0.4, -0.2) is 196 Å². The number of hydrogen-bond acceptors (Lipinski definition) is 16. The Kier molecular flexibility index (Phi) is 30.4. The molecule has 24 nitrogen and oxygen atoms in total. The van der Waals surface area contributed by atoms with Crippen molar-refractivity contribution in [2.45, 2.75) is 48.8 Å². The van der Waals surface area contributed by atoms with Gasteiger partial charge in [0.05, 0.1) is 0 Å². The van der Waals surface area contributed by atoms with Crippen molar-refractivity contribution >= 4 is 77.5 Å². The van der Waals surface area contributed by atoms with E-state index in [1.165, 1.54) is 0 Å². The zero-order valence-corrected chi connectivity index (χ0v) is 20.3. The van der Waals surface area contributed by atoms with Gasteiger partial charge in [0, 0.05) is 0 Å². The number of carbonyl (C=O) groups is 8. The second-order valence-corrected chi connectivity index (χ2v) is 6.26. The average molecular weight is 667 g/mol. The molecule has 0 rings (SSSR count). The van der Waals surface area contributed by atoms with Crippen molar-refractivity contribution < 1.29 is 120 Å². The molecule has 0 aromatic rings. The van der Waals surface area contributed by atoms with Crippen LogP contribution in [0.15, 0.2) is 0 Å². The zero-order valence-electron chi connectivity index (χ0n) is 19.4. The maximum absolute atomic E-state index is 9.77. The fourth-order valence-corrected chi connectivity index (χ4v) is 1.08. The van der Waals surface area contributed by atoms with Crippen molar-refractivity contribution in [3.63, 3.8) is 0 Å². The van der Waals surface area contributed by atoms with E-state index in [9.17, 15) is 38.4 Å². The molecule has 246 valence electrons. The molecule has 0 aromatic carbocycles. The first-order valence-corrected chi connectivity index (χ1v) is 9.13. The van der Waals surface area contributed by atoms with Crippen molar-refractivity contribution in [1.29, 1.82) is 0 Å². The summed E-state index contributed by atoms with van der Waals surface area (Å²) in [6.45, 7) is 0. The molecule has 8 unspecified atom stereocenters. The minimum absolute atomic E-state index is 0. The molecule has 0 fully saturated rings. The number of carboxylic acids is 8. The number of rotatable bonds is 12. The summed E-state index contributed by atoms with van der Waals surface area (Å²) < 4.78 is 0. The van der Waals surface area contributed by atoms with Crippen LogP contribution in [0.25, 0.3) is 0 Å². The largest absolute Gasteiger partial charge is 0.479 e. The van der Waals surface area contributed by atoms with Gasteiger partial charge in [-0.25, -0.2) is 38.4 Å². The Bertz CT molecular complexity index is 693. The van der Waals surface area contributed by atoms with Gasteiger partial charge < -0.3 is 81.7 Å². The minimum atomic E-state index is -2.27. The fourth-order valence-electron chi connectivity index (χ4n) is 1.08. The molecule has 0 radical (unpaired) electrons. The predicted molar refractivity (Wildman–Crippen MR) is 126 cm³/mol. The number of halogens is 1. The molecule has 0 saturated heterocycles. The topological polar surface area (TPSA) is 460 Å². The first-order valence-electron chi connectivity index (χ1n) is 9.13. The lowest BCUT2D eigenvalue weighted by molar-refractivity contribution is -0.165. The summed E-state index contributed by atoms with van der Waals surface area (Å²) in [5.74, 6) is -14.1. The van der Waals surface area contributed by atoms with E-state index in [1.54, 1.807) is 0 Å². The van der Waals surface area contributed by atoms with Gasteiger partial charge in [-0.15, -0.1) is 12.4 Å². The maximum atomic E-state index is 9.77. The van der Waals surface area contributed by atoms with E-state index in [-0.39, 0.29) is 29.8 Å². The van der Waals surface area contributed by atoms with Crippen LogP contribution in [0.5, 0.6) is 0 Å². The van der Waals surface area contributed by atoms with Crippen LogP contribution < -0.4 is 0 Å². The van der Waals surface area contributed by atoms with Crippen LogP contribution >= 0.6 is 12.4 Å². The molecule has 8 atom stereocenters. The van der Waals surface area contributed by atoms with Gasteiger partial charge >= 0.3 is 47.8 Å². The summed E-state index contributed by atoms with van der Waals surface area (Å²) in [7, 11) is 0. The summed E-state index contributed by atoms with van der Waals surface area (Å²) in [5, 5.41) is 130. The maximum Gasteiger partial charge on any atom is 0.335 e. The van der Waals surface area contributed by atoms with Crippen molar-refractivity contribution in [3.05, 3.63) is 0 Å². The van der Waals surface area contributed by atoms with E-state index in [2.05, 4.69) is 0 Å². The molecule has 0 aromatic heterocycles. The van der Waals surface area contributed by atoms with E-state index in [0.29, 0.717) is 0 Å². The van der Waals surface area contributed by atoms with Crippen LogP contribution in [0.3, 0.4) is 0 Å². The lowest BCUT2D eigenvalue weighted by Crippen LogP contribution is -2.39. The van der Waals surface area contributed by atoms with Gasteiger partial charge in [-0.3, -0.25) is 0 Å². The van der Waals surface area contributed by atoms with Crippen molar-refractivity contribution in [3.8, 4) is 0 Å². The molecule has 0 aliphatic carbocycles. The Labute approximate surface area is 246 Å². The van der Waals surface area contributed by atoms with Crippen molar-refractivity contribution in [1.82, 2.24) is 0 Å². The number of hydrogen-bond donors (Lipinski definition) is 16. The molecule has 0 heterocycles. The van der Waals surface area contributed by atoms with Gasteiger partial charge in [-0.2, -0.15) is 0 Å². The first kappa shape index (κ1) is 51.0. The van der Waals surface area contributed by atoms with Crippen molar-refractivity contribution in [2.75, 3.05) is 0 Å². The van der Waals surface area contributed by atoms with Gasteiger partial charge in [-0.1, -0.05) is 0 Å². The van der Waals surface area contributed by atoms with E-state index in [4.69, 9.17) is 81.7 Å². The SMILES string of the molecule is Cl.O=C(O)C(O)C(O)C(=O)O.O=C(O)C(O)C(O)C(=O)O.O=C(O)C(O)C(O)C(=O)O.O=C(O)C(O)C(O)C(=O)O.[AlH3]. The Hall–Kier alpha value is -3.74. The van der Waals surface area contributed by atoms with Gasteiger partial charge in [0.25, 0.3) is 0 Å². The van der Waals surface area contributed by atoms with Gasteiger partial charge in [0.15, 0.2) is 66.2 Å². The van der Waals surface area contributed by atoms with Crippen LogP contribution in [0.4, 0.5) is 0 Å². The van der Waals surface area contributed by atoms with Gasteiger partial charge in [0.2, 0.25) is 0 Å². The molecule has 0 bridgehead atoms. The van der Waals surface area contributed by atoms with Gasteiger partial charge in [-0.05, 0) is 0 Å². The van der Waals surface area contributed by atoms with Crippen LogP contribution in [-0.2, 0) is 38.4 Å². The predicted octanol–water partition coefficient (Wildman–Crippen LogP) is -9.25. The normalized spacial score (nSPS) is 15.0. The highest BCUT2D eigenvalue weighted by molar-refractivity contribution is 5.85. The molecule has 0 amide bonds. The smallest absolute Gasteiger partial charge is 0.335 e. The van der Waals surface area contributed by atoms with E-state index >= 15 is 0 Å².